The van der Waals surface area contributed by atoms with Gasteiger partial charge in [-0.1, -0.05) is 32.0 Å². The SMILES string of the molecule is CC(C)C(C)NC(=O)c1ccc(N(C)S(=O)(=O)c2ccccc2)cc1. The molecule has 2 aromatic rings. The summed E-state index contributed by atoms with van der Waals surface area (Å²) < 4.78 is 26.4. The Kier molecular flexibility index (Phi) is 5.85. The van der Waals surface area contributed by atoms with Gasteiger partial charge in [-0.15, -0.1) is 0 Å². The molecule has 25 heavy (non-hydrogen) atoms. The minimum Gasteiger partial charge on any atom is -0.349 e. The average molecular weight is 360 g/mol. The van der Waals surface area contributed by atoms with Crippen LogP contribution < -0.4 is 9.62 Å². The van der Waals surface area contributed by atoms with Crippen LogP contribution in [0.15, 0.2) is 59.5 Å². The number of nitrogens with one attached hydrogen (secondary N) is 1. The quantitative estimate of drug-likeness (QED) is 0.860. The Morgan fingerprint density at radius 3 is 2.04 bits per heavy atom. The van der Waals surface area contributed by atoms with Crippen LogP contribution in [-0.4, -0.2) is 27.4 Å². The van der Waals surface area contributed by atoms with Crippen LogP contribution in [0.4, 0.5) is 5.69 Å². The normalized spacial score (nSPS) is 12.7. The zero-order valence-corrected chi connectivity index (χ0v) is 15.7. The van der Waals surface area contributed by atoms with E-state index in [1.54, 1.807) is 54.6 Å². The van der Waals surface area contributed by atoms with E-state index in [2.05, 4.69) is 5.32 Å². The largest absolute Gasteiger partial charge is 0.349 e. The number of amides is 1. The van der Waals surface area contributed by atoms with E-state index in [1.165, 1.54) is 11.4 Å². The lowest BCUT2D eigenvalue weighted by Crippen LogP contribution is -2.36. The van der Waals surface area contributed by atoms with Gasteiger partial charge in [-0.2, -0.15) is 0 Å². The lowest BCUT2D eigenvalue weighted by Gasteiger charge is -2.20. The lowest BCUT2D eigenvalue weighted by molar-refractivity contribution is 0.0930. The van der Waals surface area contributed by atoms with Gasteiger partial charge in [0.25, 0.3) is 15.9 Å². The van der Waals surface area contributed by atoms with Gasteiger partial charge >= 0.3 is 0 Å². The van der Waals surface area contributed by atoms with E-state index >= 15 is 0 Å². The maximum absolute atomic E-state index is 12.6. The molecule has 0 saturated carbocycles. The van der Waals surface area contributed by atoms with Crippen LogP contribution in [0.3, 0.4) is 0 Å². The van der Waals surface area contributed by atoms with E-state index in [4.69, 9.17) is 0 Å². The molecule has 0 aromatic heterocycles. The molecule has 2 aromatic carbocycles. The summed E-state index contributed by atoms with van der Waals surface area (Å²) in [7, 11) is -2.12. The van der Waals surface area contributed by atoms with Gasteiger partial charge < -0.3 is 5.32 Å². The van der Waals surface area contributed by atoms with Crippen molar-refractivity contribution in [3.05, 3.63) is 60.2 Å². The van der Waals surface area contributed by atoms with Gasteiger partial charge in [-0.05, 0) is 49.2 Å². The van der Waals surface area contributed by atoms with Crippen LogP contribution in [0.5, 0.6) is 0 Å². The minimum atomic E-state index is -3.62. The molecular formula is C19H24N2O3S. The fourth-order valence-electron chi connectivity index (χ4n) is 2.17. The van der Waals surface area contributed by atoms with E-state index in [9.17, 15) is 13.2 Å². The Morgan fingerprint density at radius 2 is 1.52 bits per heavy atom. The number of sulfonamides is 1. The maximum atomic E-state index is 12.6. The van der Waals surface area contributed by atoms with Crippen molar-refractivity contribution < 1.29 is 13.2 Å². The maximum Gasteiger partial charge on any atom is 0.264 e. The second kappa shape index (κ2) is 7.70. The molecule has 0 aliphatic carbocycles. The molecule has 0 saturated heterocycles. The summed E-state index contributed by atoms with van der Waals surface area (Å²) in [5.74, 6) is 0.173. The molecule has 0 bridgehead atoms. The Bertz CT molecular complexity index is 816. The molecular weight excluding hydrogens is 336 g/mol. The number of benzene rings is 2. The molecule has 0 aliphatic heterocycles. The Labute approximate surface area is 149 Å². The molecule has 0 spiro atoms. The number of carbonyl (C=O) groups is 1. The Hall–Kier alpha value is -2.34. The standard InChI is InChI=1S/C19H24N2O3S/c1-14(2)15(3)20-19(22)16-10-12-17(13-11-16)21(4)25(23,24)18-8-6-5-7-9-18/h5-15H,1-4H3,(H,20,22). The van der Waals surface area contributed by atoms with E-state index < -0.39 is 10.0 Å². The van der Waals surface area contributed by atoms with Gasteiger partial charge in [0.2, 0.25) is 0 Å². The first-order valence-corrected chi connectivity index (χ1v) is 9.62. The van der Waals surface area contributed by atoms with Crippen molar-refractivity contribution in [3.63, 3.8) is 0 Å². The first-order chi connectivity index (χ1) is 11.7. The van der Waals surface area contributed by atoms with Crippen molar-refractivity contribution in [1.82, 2.24) is 5.32 Å². The molecule has 1 unspecified atom stereocenters. The molecule has 134 valence electrons. The minimum absolute atomic E-state index is 0.0632. The van der Waals surface area contributed by atoms with Gasteiger partial charge in [0.05, 0.1) is 10.6 Å². The van der Waals surface area contributed by atoms with E-state index in [0.717, 1.165) is 0 Å². The van der Waals surface area contributed by atoms with Crippen molar-refractivity contribution in [1.29, 1.82) is 0 Å². The molecule has 1 atom stereocenters. The van der Waals surface area contributed by atoms with Crippen LogP contribution in [0, 0.1) is 5.92 Å². The summed E-state index contributed by atoms with van der Waals surface area (Å²) in [6.45, 7) is 6.03. The van der Waals surface area contributed by atoms with Crippen LogP contribution in [0.1, 0.15) is 31.1 Å². The topological polar surface area (TPSA) is 66.5 Å². The van der Waals surface area contributed by atoms with E-state index in [-0.39, 0.29) is 16.8 Å². The number of nitrogens with zero attached hydrogens (tertiary/aromatic N) is 1. The fraction of sp³-hybridized carbons (Fsp3) is 0.316. The van der Waals surface area contributed by atoms with Crippen LogP contribution in [-0.2, 0) is 10.0 Å². The summed E-state index contributed by atoms with van der Waals surface area (Å²) in [4.78, 5) is 12.4. The molecule has 0 heterocycles. The van der Waals surface area contributed by atoms with Gasteiger partial charge in [0.15, 0.2) is 0 Å². The van der Waals surface area contributed by atoms with Crippen LogP contribution in [0.2, 0.25) is 0 Å². The van der Waals surface area contributed by atoms with Crippen molar-refractivity contribution in [2.75, 3.05) is 11.4 Å². The number of anilines is 1. The summed E-state index contributed by atoms with van der Waals surface area (Å²) in [6, 6.07) is 14.8. The molecule has 1 N–H and O–H groups in total. The van der Waals surface area contributed by atoms with Crippen molar-refractivity contribution in [3.8, 4) is 0 Å². The van der Waals surface area contributed by atoms with Gasteiger partial charge in [-0.25, -0.2) is 8.42 Å². The highest BCUT2D eigenvalue weighted by Crippen LogP contribution is 2.22. The molecule has 1 amide bonds. The zero-order chi connectivity index (χ0) is 18.6. The predicted octanol–water partition coefficient (Wildman–Crippen LogP) is 3.29. The van der Waals surface area contributed by atoms with Gasteiger partial charge in [0.1, 0.15) is 0 Å². The summed E-state index contributed by atoms with van der Waals surface area (Å²) in [6.07, 6.45) is 0. The summed E-state index contributed by atoms with van der Waals surface area (Å²) in [5.41, 5.74) is 0.999. The fourth-order valence-corrected chi connectivity index (χ4v) is 3.39. The number of hydrogen-bond donors (Lipinski definition) is 1. The second-order valence-electron chi connectivity index (χ2n) is 6.34. The summed E-state index contributed by atoms with van der Waals surface area (Å²) >= 11 is 0. The zero-order valence-electron chi connectivity index (χ0n) is 14.9. The smallest absolute Gasteiger partial charge is 0.264 e. The Balaban J connectivity index is 2.18. The van der Waals surface area contributed by atoms with Gasteiger partial charge in [-0.3, -0.25) is 9.10 Å². The molecule has 0 radical (unpaired) electrons. The monoisotopic (exact) mass is 360 g/mol. The average Bonchev–Trinajstić information content (AvgIpc) is 2.61. The van der Waals surface area contributed by atoms with Crippen molar-refractivity contribution in [2.45, 2.75) is 31.7 Å². The van der Waals surface area contributed by atoms with E-state index in [0.29, 0.717) is 17.2 Å². The van der Waals surface area contributed by atoms with Crippen LogP contribution in [0.25, 0.3) is 0 Å². The number of carbonyl (C=O) groups excluding carboxylic acids is 1. The molecule has 0 fully saturated rings. The third-order valence-corrected chi connectivity index (χ3v) is 6.05. The third-order valence-electron chi connectivity index (χ3n) is 4.25. The highest BCUT2D eigenvalue weighted by Gasteiger charge is 2.21. The van der Waals surface area contributed by atoms with E-state index in [1.807, 2.05) is 20.8 Å². The molecule has 5 nitrogen and oxygen atoms in total. The third kappa shape index (κ3) is 4.39. The predicted molar refractivity (Wildman–Crippen MR) is 100 cm³/mol. The number of hydrogen-bond acceptors (Lipinski definition) is 3. The Morgan fingerprint density at radius 1 is 0.960 bits per heavy atom. The molecule has 6 heteroatoms. The molecule has 2 rings (SSSR count). The first-order valence-electron chi connectivity index (χ1n) is 8.18. The second-order valence-corrected chi connectivity index (χ2v) is 8.31. The highest BCUT2D eigenvalue weighted by molar-refractivity contribution is 7.92. The van der Waals surface area contributed by atoms with Gasteiger partial charge in [0, 0.05) is 18.7 Å². The summed E-state index contributed by atoms with van der Waals surface area (Å²) in [5, 5.41) is 2.93. The van der Waals surface area contributed by atoms with Crippen LogP contribution >= 0.6 is 0 Å². The lowest BCUT2D eigenvalue weighted by atomic mass is 10.1. The molecule has 0 aliphatic rings. The number of rotatable bonds is 6. The first kappa shape index (κ1) is 19.0. The van der Waals surface area contributed by atoms with Crippen molar-refractivity contribution in [2.24, 2.45) is 5.92 Å². The highest BCUT2D eigenvalue weighted by atomic mass is 32.2. The van der Waals surface area contributed by atoms with Crippen molar-refractivity contribution >= 4 is 21.6 Å².